The third-order valence-corrected chi connectivity index (χ3v) is 14.6. The predicted octanol–water partition coefficient (Wildman–Crippen LogP) is 11.4. The maximum Gasteiger partial charge on any atom is 0 e. The van der Waals surface area contributed by atoms with Crippen molar-refractivity contribution in [3.05, 3.63) is 108 Å². The van der Waals surface area contributed by atoms with Gasteiger partial charge in [-0.1, -0.05) is 44.9 Å². The van der Waals surface area contributed by atoms with Crippen LogP contribution >= 0.6 is 0 Å². The van der Waals surface area contributed by atoms with E-state index in [1.54, 1.807) is 9.96 Å². The Morgan fingerprint density at radius 3 is 2.38 bits per heavy atom. The molecule has 50 heavy (non-hydrogen) atoms. The number of hydrogen-bond donors (Lipinski definition) is 0. The minimum atomic E-state index is -1.89. The van der Waals surface area contributed by atoms with Crippen molar-refractivity contribution in [2.24, 2.45) is 11.8 Å². The van der Waals surface area contributed by atoms with Crippen molar-refractivity contribution >= 4 is 39.7 Å². The summed E-state index contributed by atoms with van der Waals surface area (Å²) in [4.78, 5) is 14.1. The zero-order valence-corrected chi connectivity index (χ0v) is 35.5. The molecule has 0 spiro atoms. The predicted molar refractivity (Wildman–Crippen MR) is 208 cm³/mol. The largest absolute Gasteiger partial charge is 0 e. The third-order valence-electron chi connectivity index (χ3n) is 10.3. The van der Waals surface area contributed by atoms with Crippen LogP contribution in [0.4, 0.5) is 0 Å². The standard InChI is InChI=1S/C23H23N2O.C21H28GeN.Ir/c1-13(2)16(5)17-10-11-24-19(12-17)18-8-6-14(3)21-22-20(26-23(18)21)9-7-15(4)25-22;1-22(2,3)20-16-23-21(18-12-8-5-9-13-18)15-19(20)14-17-10-6-4-7-11-17;/h6-7,9-13,16H,1-5H3;5,8-9,12,15-17H,4,6-7,10-11,14H2,1-3H3;/q2*-1;. The molecule has 1 unspecified atom stereocenters. The molecule has 1 saturated carbocycles. The van der Waals surface area contributed by atoms with Gasteiger partial charge in [-0.2, -0.15) is 0 Å². The molecule has 0 N–H and O–H groups in total. The van der Waals surface area contributed by atoms with E-state index in [-0.39, 0.29) is 20.1 Å². The topological polar surface area (TPSA) is 51.8 Å². The van der Waals surface area contributed by atoms with Gasteiger partial charge in [-0.05, 0) is 48.0 Å². The van der Waals surface area contributed by atoms with Crippen molar-refractivity contribution in [1.82, 2.24) is 15.0 Å². The van der Waals surface area contributed by atoms with Gasteiger partial charge in [-0.15, -0.1) is 17.7 Å². The molecule has 263 valence electrons. The first kappa shape index (κ1) is 38.1. The number of benzene rings is 2. The van der Waals surface area contributed by atoms with E-state index in [9.17, 15) is 0 Å². The zero-order chi connectivity index (χ0) is 34.7. The molecule has 0 saturated heterocycles. The molecule has 1 radical (unpaired) electrons. The minimum Gasteiger partial charge on any atom is 0 e. The SMILES string of the molecule is Cc1ccc2oc3c(-c4cc(C(C)C(C)C)ccn4)[c-]cc(C)c3c2n1.[CH3][Ge]([CH3])([CH3])[c]1cnc(-c2[c-]cccc2)cc1CC1CCCCC1.[Ir]. The number of fused-ring (bicyclic) bond motifs is 3. The molecule has 4 nitrogen and oxygen atoms in total. The first-order valence-electron chi connectivity index (χ1n) is 18.1. The average Bonchev–Trinajstić information content (AvgIpc) is 3.48. The Kier molecular flexibility index (Phi) is 12.6. The number of aromatic nitrogens is 3. The fourth-order valence-electron chi connectivity index (χ4n) is 7.12. The molecule has 1 atom stereocenters. The maximum atomic E-state index is 6.19. The minimum absolute atomic E-state index is 0. The summed E-state index contributed by atoms with van der Waals surface area (Å²) in [5.41, 5.74) is 11.5. The number of hydrogen-bond acceptors (Lipinski definition) is 4. The molecule has 2 aromatic carbocycles. The van der Waals surface area contributed by atoms with E-state index in [0.717, 1.165) is 61.8 Å². The van der Waals surface area contributed by atoms with Crippen LogP contribution in [0, 0.1) is 37.8 Å². The molecule has 1 aliphatic rings. The number of nitrogens with zero attached hydrogens (tertiary/aromatic N) is 3. The molecule has 4 aromatic heterocycles. The number of furan rings is 1. The van der Waals surface area contributed by atoms with Crippen LogP contribution in [0.15, 0.2) is 77.5 Å². The summed E-state index contributed by atoms with van der Waals surface area (Å²) in [6, 6.07) is 27.5. The van der Waals surface area contributed by atoms with E-state index in [0.29, 0.717) is 11.8 Å². The average molecular weight is 903 g/mol. The Hall–Kier alpha value is -3.12. The van der Waals surface area contributed by atoms with Crippen LogP contribution < -0.4 is 4.40 Å². The molecule has 6 heteroatoms. The van der Waals surface area contributed by atoms with E-state index in [4.69, 9.17) is 14.4 Å². The summed E-state index contributed by atoms with van der Waals surface area (Å²) in [5.74, 6) is 9.37. The van der Waals surface area contributed by atoms with E-state index >= 15 is 0 Å². The van der Waals surface area contributed by atoms with Gasteiger partial charge in [0.15, 0.2) is 0 Å². The van der Waals surface area contributed by atoms with Gasteiger partial charge in [0, 0.05) is 32.0 Å². The zero-order valence-electron chi connectivity index (χ0n) is 31.0. The van der Waals surface area contributed by atoms with Gasteiger partial charge in [0.25, 0.3) is 0 Å². The Bertz CT molecular complexity index is 2040. The Morgan fingerprint density at radius 1 is 0.900 bits per heavy atom. The van der Waals surface area contributed by atoms with Gasteiger partial charge in [0.2, 0.25) is 0 Å². The first-order valence-corrected chi connectivity index (χ1v) is 25.5. The fourth-order valence-corrected chi connectivity index (χ4v) is 10.5. The Labute approximate surface area is 315 Å². The number of pyridine rings is 3. The summed E-state index contributed by atoms with van der Waals surface area (Å²) < 4.78 is 7.78. The summed E-state index contributed by atoms with van der Waals surface area (Å²) in [7, 11) is 0. The van der Waals surface area contributed by atoms with Crippen LogP contribution in [0.5, 0.6) is 0 Å². The van der Waals surface area contributed by atoms with E-state index in [2.05, 4.69) is 98.6 Å². The molecule has 1 fully saturated rings. The van der Waals surface area contributed by atoms with Crippen molar-refractivity contribution < 1.29 is 24.5 Å². The van der Waals surface area contributed by atoms with Crippen molar-refractivity contribution in [3.8, 4) is 22.5 Å². The van der Waals surface area contributed by atoms with Gasteiger partial charge >= 0.3 is 144 Å². The van der Waals surface area contributed by atoms with E-state index in [1.807, 2.05) is 43.5 Å². The first-order chi connectivity index (χ1) is 23.5. The second-order valence-corrected chi connectivity index (χ2v) is 26.0. The monoisotopic (exact) mass is 904 g/mol. The van der Waals surface area contributed by atoms with Crippen molar-refractivity contribution in [3.63, 3.8) is 0 Å². The summed E-state index contributed by atoms with van der Waals surface area (Å²) in [6.45, 7) is 10.8. The maximum absolute atomic E-state index is 6.19. The van der Waals surface area contributed by atoms with Gasteiger partial charge in [0.05, 0.1) is 11.1 Å². The van der Waals surface area contributed by atoms with Gasteiger partial charge < -0.3 is 9.40 Å². The molecule has 1 aliphatic carbocycles. The van der Waals surface area contributed by atoms with Crippen LogP contribution in [0.25, 0.3) is 44.6 Å². The van der Waals surface area contributed by atoms with Crippen molar-refractivity contribution in [2.45, 2.75) is 96.3 Å². The second kappa shape index (κ2) is 16.5. The van der Waals surface area contributed by atoms with Crippen LogP contribution in [0.3, 0.4) is 0 Å². The number of aryl methyl sites for hydroxylation is 2. The van der Waals surface area contributed by atoms with Crippen LogP contribution in [0.2, 0.25) is 17.3 Å². The Morgan fingerprint density at radius 2 is 1.68 bits per heavy atom. The van der Waals surface area contributed by atoms with E-state index < -0.39 is 13.3 Å². The number of rotatable bonds is 7. The summed E-state index contributed by atoms with van der Waals surface area (Å²) in [5, 5.41) is 1.06. The molecular formula is C44H51GeIrN3O-2. The van der Waals surface area contributed by atoms with Crippen LogP contribution in [0.1, 0.15) is 81.2 Å². The van der Waals surface area contributed by atoms with Gasteiger partial charge in [-0.3, -0.25) is 4.98 Å². The molecule has 0 bridgehead atoms. The Balaban J connectivity index is 0.000000192. The molecular weight excluding hydrogens is 851 g/mol. The molecule has 6 aromatic rings. The molecule has 0 aliphatic heterocycles. The third kappa shape index (κ3) is 8.66. The molecule has 0 amide bonds. The normalized spacial score (nSPS) is 14.3. The summed E-state index contributed by atoms with van der Waals surface area (Å²) >= 11 is -1.89. The van der Waals surface area contributed by atoms with Crippen molar-refractivity contribution in [2.75, 3.05) is 0 Å². The van der Waals surface area contributed by atoms with Crippen molar-refractivity contribution in [1.29, 1.82) is 0 Å². The van der Waals surface area contributed by atoms with Gasteiger partial charge in [0.1, 0.15) is 5.58 Å². The quantitative estimate of drug-likeness (QED) is 0.118. The van der Waals surface area contributed by atoms with Crippen LogP contribution in [-0.2, 0) is 26.5 Å². The summed E-state index contributed by atoms with van der Waals surface area (Å²) in [6.07, 6.45) is 12.4. The van der Waals surface area contributed by atoms with E-state index in [1.165, 1.54) is 44.1 Å². The fraction of sp³-hybridized carbons (Fsp3) is 0.386. The smallest absolute Gasteiger partial charge is 0 e. The second-order valence-electron chi connectivity index (χ2n) is 15.4. The van der Waals surface area contributed by atoms with Crippen LogP contribution in [-0.4, -0.2) is 28.2 Å². The molecule has 4 heterocycles. The van der Waals surface area contributed by atoms with Gasteiger partial charge in [-0.25, -0.2) is 0 Å². The molecule has 7 rings (SSSR count).